The number of benzene rings is 2. The molecule has 382 valence electrons. The number of aliphatic hydroxyl groups is 12. The van der Waals surface area contributed by atoms with Crippen molar-refractivity contribution >= 4 is 182 Å². The maximum absolute atomic E-state index is 14.3. The van der Waals surface area contributed by atoms with Crippen molar-refractivity contribution in [1.29, 1.82) is 0 Å². The maximum atomic E-state index is 14.3. The van der Waals surface area contributed by atoms with Gasteiger partial charge in [-0.15, -0.1) is 0 Å². The molecule has 2 rings (SSSR count). The van der Waals surface area contributed by atoms with Crippen LogP contribution in [-0.4, -0.2) is 246 Å². The van der Waals surface area contributed by atoms with Gasteiger partial charge in [-0.3, -0.25) is 28.8 Å². The van der Waals surface area contributed by atoms with Gasteiger partial charge in [-0.25, -0.2) is 0 Å². The van der Waals surface area contributed by atoms with Crippen molar-refractivity contribution in [3.05, 3.63) is 43.7 Å². The van der Waals surface area contributed by atoms with E-state index in [4.69, 9.17) is 0 Å². The Morgan fingerprint density at radius 3 is 0.721 bits per heavy atom. The second-order valence-corrected chi connectivity index (χ2v) is 20.8. The molecule has 2 aromatic rings. The monoisotopic (exact) mass is 1640 g/mol. The molecular weight excluding hydrogens is 1590 g/mol. The maximum Gasteiger partial charge on any atom is 0.314 e. The van der Waals surface area contributed by atoms with E-state index in [0.29, 0.717) is 0 Å². The van der Waals surface area contributed by atoms with Gasteiger partial charge in [0.25, 0.3) is 23.6 Å². The first-order valence-corrected chi connectivity index (χ1v) is 26.3. The van der Waals surface area contributed by atoms with Crippen molar-refractivity contribution in [2.75, 3.05) is 116 Å². The van der Waals surface area contributed by atoms with Gasteiger partial charge in [0.05, 0.1) is 125 Å². The van der Waals surface area contributed by atoms with Crippen LogP contribution in [0.5, 0.6) is 0 Å². The van der Waals surface area contributed by atoms with Crippen LogP contribution in [0.25, 0.3) is 0 Å². The van der Waals surface area contributed by atoms with Crippen LogP contribution in [0, 0.1) is 21.4 Å². The average Bonchev–Trinajstić information content (AvgIpc) is 3.30. The van der Waals surface area contributed by atoms with Crippen LogP contribution in [0.4, 0.5) is 11.4 Å². The second kappa shape index (κ2) is 31.0. The highest BCUT2D eigenvalue weighted by Crippen LogP contribution is 2.39. The highest BCUT2D eigenvalue weighted by molar-refractivity contribution is 14.1. The lowest BCUT2D eigenvalue weighted by atomic mass is 10.1. The zero-order valence-corrected chi connectivity index (χ0v) is 48.4. The van der Waals surface area contributed by atoms with E-state index in [1.54, 1.807) is 136 Å². The number of nitrogens with one attached hydrogen (secondary N) is 2. The number of aliphatic hydroxyl groups excluding tert-OH is 12. The molecule has 6 amide bonds. The summed E-state index contributed by atoms with van der Waals surface area (Å²) in [6.07, 6.45) is -5.88. The van der Waals surface area contributed by atoms with Crippen LogP contribution in [0.1, 0.15) is 41.4 Å². The van der Waals surface area contributed by atoms with Crippen molar-refractivity contribution in [2.24, 2.45) is 0 Å². The lowest BCUT2D eigenvalue weighted by Gasteiger charge is -2.29. The summed E-state index contributed by atoms with van der Waals surface area (Å²) < 4.78 is -0.340. The average molecular weight is 1640 g/mol. The molecule has 14 N–H and O–H groups in total. The fourth-order valence-corrected chi connectivity index (χ4v) is 14.8. The van der Waals surface area contributed by atoms with E-state index in [9.17, 15) is 90.0 Å². The molecule has 2 aromatic carbocycles. The SMILES string of the molecule is O=C(Nc1c(I)c(C(=O)N(CCO)CC(O)CO)c(I)c(C(=O)N(CCO)CC(O)CO)c1I)C(=O)Nc1c(I)c(C(=O)N(CCO)CC(O)CO)c(I)c(C(=O)N(CCO)CC(O)CO)c1I. The highest BCUT2D eigenvalue weighted by atomic mass is 127. The van der Waals surface area contributed by atoms with E-state index < -0.39 is 139 Å². The second-order valence-electron chi connectivity index (χ2n) is 14.3. The number of halogens is 6. The smallest absolute Gasteiger partial charge is 0.314 e. The third-order valence-corrected chi connectivity index (χ3v) is 15.8. The molecule has 0 aliphatic rings. The van der Waals surface area contributed by atoms with Crippen LogP contribution in [0.15, 0.2) is 0 Å². The van der Waals surface area contributed by atoms with Crippen molar-refractivity contribution in [1.82, 2.24) is 19.6 Å². The Labute approximate surface area is 470 Å². The lowest BCUT2D eigenvalue weighted by Crippen LogP contribution is -2.43. The van der Waals surface area contributed by atoms with Crippen LogP contribution in [-0.2, 0) is 9.59 Å². The normalized spacial score (nSPS) is 13.0. The van der Waals surface area contributed by atoms with Gasteiger partial charge in [-0.1, -0.05) is 0 Å². The fraction of sp³-hybridized carbons (Fsp3) is 0.526. The molecular formula is C38H50I6N6O18. The zero-order chi connectivity index (χ0) is 51.7. The van der Waals surface area contributed by atoms with Crippen LogP contribution in [0.3, 0.4) is 0 Å². The van der Waals surface area contributed by atoms with Crippen LogP contribution >= 0.6 is 136 Å². The molecule has 0 heterocycles. The Balaban J connectivity index is 2.99. The van der Waals surface area contributed by atoms with E-state index in [2.05, 4.69) is 10.6 Å². The summed E-state index contributed by atoms with van der Waals surface area (Å²) in [6.45, 7) is -9.00. The number of nitrogens with zero attached hydrogens (tertiary/aromatic N) is 4. The van der Waals surface area contributed by atoms with E-state index in [-0.39, 0.29) is 81.2 Å². The number of amides is 6. The predicted octanol–water partition coefficient (Wildman–Crippen LogP) is -2.96. The van der Waals surface area contributed by atoms with Crippen molar-refractivity contribution < 1.29 is 90.0 Å². The van der Waals surface area contributed by atoms with Crippen molar-refractivity contribution in [3.8, 4) is 0 Å². The van der Waals surface area contributed by atoms with Gasteiger partial charge >= 0.3 is 11.8 Å². The van der Waals surface area contributed by atoms with Gasteiger partial charge in [0.15, 0.2) is 0 Å². The minimum atomic E-state index is -1.47. The third kappa shape index (κ3) is 16.6. The molecule has 68 heavy (non-hydrogen) atoms. The zero-order valence-electron chi connectivity index (χ0n) is 35.5. The Hall–Kier alpha value is -0.840. The Morgan fingerprint density at radius 2 is 0.559 bits per heavy atom. The largest absolute Gasteiger partial charge is 0.395 e. The minimum Gasteiger partial charge on any atom is -0.395 e. The molecule has 0 aromatic heterocycles. The van der Waals surface area contributed by atoms with Gasteiger partial charge in [0.1, 0.15) is 0 Å². The summed E-state index contributed by atoms with van der Waals surface area (Å²) in [7, 11) is 0. The standard InChI is InChI=1S/C38H50I6N6O18/c39-25-21(35(65)47(1-5-51)9-17(59)13-55)27(41)31(28(42)22(25)36(66)48(2-6-52)10-18(60)14-56)45-33(63)34(64)46-32-29(43)23(37(67)49(3-7-53)11-19(61)15-57)26(40)24(30(32)44)38(68)50(4-8-54)12-20(62)16-58/h17-20,51-62H,1-16H2,(H,45,63)(H,46,64). The summed E-state index contributed by atoms with van der Waals surface area (Å²) in [4.78, 5) is 89.2. The molecule has 0 saturated heterocycles. The molecule has 0 aliphatic carbocycles. The van der Waals surface area contributed by atoms with Crippen LogP contribution in [0.2, 0.25) is 0 Å². The first-order chi connectivity index (χ1) is 32.1. The summed E-state index contributed by atoms with van der Waals surface area (Å²) in [5.74, 6) is -6.52. The quantitative estimate of drug-likeness (QED) is 0.0331. The van der Waals surface area contributed by atoms with Crippen LogP contribution < -0.4 is 10.6 Å². The number of hydrogen-bond acceptors (Lipinski definition) is 18. The molecule has 4 unspecified atom stereocenters. The Morgan fingerprint density at radius 1 is 0.368 bits per heavy atom. The molecule has 24 nitrogen and oxygen atoms in total. The van der Waals surface area contributed by atoms with E-state index in [1.807, 2.05) is 0 Å². The molecule has 0 aliphatic heterocycles. The molecule has 30 heteroatoms. The Bertz CT molecular complexity index is 1860. The molecule has 0 fully saturated rings. The summed E-state index contributed by atoms with van der Waals surface area (Å²) in [5, 5.41) is 123. The molecule has 0 radical (unpaired) electrons. The first kappa shape index (κ1) is 63.3. The number of hydrogen-bond donors (Lipinski definition) is 14. The van der Waals surface area contributed by atoms with Crippen molar-refractivity contribution in [2.45, 2.75) is 24.4 Å². The topological polar surface area (TPSA) is 382 Å². The van der Waals surface area contributed by atoms with E-state index in [1.165, 1.54) is 0 Å². The van der Waals surface area contributed by atoms with Crippen molar-refractivity contribution in [3.63, 3.8) is 0 Å². The Kier molecular flexibility index (Phi) is 28.9. The fourth-order valence-electron chi connectivity index (χ4n) is 6.11. The van der Waals surface area contributed by atoms with Gasteiger partial charge in [0.2, 0.25) is 0 Å². The van der Waals surface area contributed by atoms with E-state index >= 15 is 0 Å². The number of carbonyl (C=O) groups is 6. The number of rotatable bonds is 26. The number of carbonyl (C=O) groups excluding carboxylic acids is 6. The number of anilines is 2. The van der Waals surface area contributed by atoms with Gasteiger partial charge in [-0.05, 0) is 136 Å². The van der Waals surface area contributed by atoms with E-state index in [0.717, 1.165) is 19.6 Å². The molecule has 0 spiro atoms. The van der Waals surface area contributed by atoms with Gasteiger partial charge in [-0.2, -0.15) is 0 Å². The van der Waals surface area contributed by atoms with Gasteiger partial charge < -0.3 is 91.5 Å². The summed E-state index contributed by atoms with van der Waals surface area (Å²) in [6, 6.07) is 0. The van der Waals surface area contributed by atoms with Gasteiger partial charge in [0, 0.05) is 59.5 Å². The summed E-state index contributed by atoms with van der Waals surface area (Å²) in [5.41, 5.74) is -1.69. The lowest BCUT2D eigenvalue weighted by molar-refractivity contribution is -0.133. The molecule has 0 saturated carbocycles. The molecule has 0 bridgehead atoms. The molecule has 4 atom stereocenters. The minimum absolute atomic E-state index is 0.0439. The first-order valence-electron chi connectivity index (χ1n) is 19.9. The predicted molar refractivity (Wildman–Crippen MR) is 291 cm³/mol. The highest BCUT2D eigenvalue weighted by Gasteiger charge is 2.36. The summed E-state index contributed by atoms with van der Waals surface area (Å²) >= 11 is 10.1. The third-order valence-electron chi connectivity index (χ3n) is 9.37.